The van der Waals surface area contributed by atoms with Gasteiger partial charge < -0.3 is 15.2 Å². The van der Waals surface area contributed by atoms with Gasteiger partial charge in [0, 0.05) is 23.7 Å². The SMILES string of the molecule is CCOc1cc(-c2cc(NCCc3ccc(C)c4ccccc34)ncn2)ccc1CC(=O)O. The Morgan fingerprint density at radius 1 is 1.00 bits per heavy atom. The molecule has 0 saturated heterocycles. The minimum absolute atomic E-state index is 0.0834. The quantitative estimate of drug-likeness (QED) is 0.367. The molecule has 0 aliphatic rings. The van der Waals surface area contributed by atoms with Crippen LogP contribution < -0.4 is 10.1 Å². The van der Waals surface area contributed by atoms with Crippen LogP contribution in [0.3, 0.4) is 0 Å². The van der Waals surface area contributed by atoms with Crippen molar-refractivity contribution < 1.29 is 14.6 Å². The van der Waals surface area contributed by atoms with E-state index in [1.54, 1.807) is 6.07 Å². The summed E-state index contributed by atoms with van der Waals surface area (Å²) in [5.74, 6) is 0.416. The van der Waals surface area contributed by atoms with E-state index >= 15 is 0 Å². The van der Waals surface area contributed by atoms with Crippen LogP contribution in [0.4, 0.5) is 5.82 Å². The molecule has 6 heteroatoms. The molecule has 0 atom stereocenters. The molecule has 0 amide bonds. The number of hydrogen-bond acceptors (Lipinski definition) is 5. The summed E-state index contributed by atoms with van der Waals surface area (Å²) >= 11 is 0. The average molecular weight is 442 g/mol. The largest absolute Gasteiger partial charge is 0.494 e. The summed E-state index contributed by atoms with van der Waals surface area (Å²) in [4.78, 5) is 19.9. The van der Waals surface area contributed by atoms with Crippen LogP contribution in [0.1, 0.15) is 23.6 Å². The second kappa shape index (κ2) is 10.1. The highest BCUT2D eigenvalue weighted by Crippen LogP contribution is 2.28. The number of rotatable bonds is 9. The van der Waals surface area contributed by atoms with Crippen LogP contribution in [-0.2, 0) is 17.6 Å². The highest BCUT2D eigenvalue weighted by Gasteiger charge is 2.11. The van der Waals surface area contributed by atoms with Gasteiger partial charge in [0.25, 0.3) is 0 Å². The van der Waals surface area contributed by atoms with Gasteiger partial charge in [-0.2, -0.15) is 0 Å². The molecule has 168 valence electrons. The van der Waals surface area contributed by atoms with Crippen molar-refractivity contribution in [2.45, 2.75) is 26.7 Å². The fourth-order valence-electron chi connectivity index (χ4n) is 3.98. The summed E-state index contributed by atoms with van der Waals surface area (Å²) < 4.78 is 5.67. The van der Waals surface area contributed by atoms with E-state index in [2.05, 4.69) is 58.6 Å². The van der Waals surface area contributed by atoms with Gasteiger partial charge >= 0.3 is 5.97 Å². The number of nitrogens with one attached hydrogen (secondary N) is 1. The standard InChI is InChI=1S/C27H27N3O3/c1-3-33-25-14-20(10-11-21(25)15-27(31)32)24-16-26(30-17-29-24)28-13-12-19-9-8-18(2)22-6-4-5-7-23(19)22/h4-11,14,16-17H,3,12-13,15H2,1-2H3,(H,31,32)(H,28,29,30). The maximum Gasteiger partial charge on any atom is 0.307 e. The van der Waals surface area contributed by atoms with Crippen molar-refractivity contribution in [3.63, 3.8) is 0 Å². The van der Waals surface area contributed by atoms with Crippen LogP contribution >= 0.6 is 0 Å². The number of ether oxygens (including phenoxy) is 1. The molecule has 4 aromatic rings. The number of carboxylic acid groups (broad SMARTS) is 1. The van der Waals surface area contributed by atoms with Crippen LogP contribution in [0.15, 0.2) is 67.0 Å². The zero-order valence-electron chi connectivity index (χ0n) is 18.8. The van der Waals surface area contributed by atoms with Crippen molar-refractivity contribution in [2.24, 2.45) is 0 Å². The number of carboxylic acids is 1. The van der Waals surface area contributed by atoms with Gasteiger partial charge in [-0.15, -0.1) is 0 Å². The first-order valence-corrected chi connectivity index (χ1v) is 11.1. The van der Waals surface area contributed by atoms with Crippen molar-refractivity contribution in [1.82, 2.24) is 9.97 Å². The van der Waals surface area contributed by atoms with Gasteiger partial charge in [-0.25, -0.2) is 9.97 Å². The lowest BCUT2D eigenvalue weighted by molar-refractivity contribution is -0.136. The Morgan fingerprint density at radius 3 is 2.58 bits per heavy atom. The molecule has 0 aliphatic heterocycles. The van der Waals surface area contributed by atoms with E-state index in [-0.39, 0.29) is 6.42 Å². The maximum atomic E-state index is 11.1. The highest BCUT2D eigenvalue weighted by molar-refractivity contribution is 5.88. The Labute approximate surface area is 193 Å². The lowest BCUT2D eigenvalue weighted by Crippen LogP contribution is -2.07. The van der Waals surface area contributed by atoms with Crippen molar-refractivity contribution in [3.05, 3.63) is 83.7 Å². The predicted octanol–water partition coefficient (Wildman–Crippen LogP) is 5.29. The number of fused-ring (bicyclic) bond motifs is 1. The highest BCUT2D eigenvalue weighted by atomic mass is 16.5. The number of anilines is 1. The number of aromatic nitrogens is 2. The third-order valence-corrected chi connectivity index (χ3v) is 5.60. The van der Waals surface area contributed by atoms with Crippen LogP contribution in [0, 0.1) is 6.92 Å². The number of aryl methyl sites for hydroxylation is 1. The second-order valence-corrected chi connectivity index (χ2v) is 7.88. The van der Waals surface area contributed by atoms with Gasteiger partial charge in [0.2, 0.25) is 0 Å². The Kier molecular flexibility index (Phi) is 6.83. The third kappa shape index (κ3) is 5.29. The molecule has 1 aromatic heterocycles. The molecule has 4 rings (SSSR count). The number of nitrogens with zero attached hydrogens (tertiary/aromatic N) is 2. The number of benzene rings is 3. The van der Waals surface area contributed by atoms with E-state index in [1.807, 2.05) is 25.1 Å². The number of hydrogen-bond donors (Lipinski definition) is 2. The molecule has 2 N–H and O–H groups in total. The zero-order chi connectivity index (χ0) is 23.2. The molecule has 6 nitrogen and oxygen atoms in total. The number of aliphatic carboxylic acids is 1. The van der Waals surface area contributed by atoms with Crippen molar-refractivity contribution in [1.29, 1.82) is 0 Å². The Hall–Kier alpha value is -3.93. The first-order valence-electron chi connectivity index (χ1n) is 11.1. The van der Waals surface area contributed by atoms with E-state index in [4.69, 9.17) is 9.84 Å². The molecule has 0 saturated carbocycles. The molecular formula is C27H27N3O3. The first-order chi connectivity index (χ1) is 16.0. The summed E-state index contributed by atoms with van der Waals surface area (Å²) in [6.07, 6.45) is 2.32. The summed E-state index contributed by atoms with van der Waals surface area (Å²) in [7, 11) is 0. The van der Waals surface area contributed by atoms with Crippen molar-refractivity contribution in [2.75, 3.05) is 18.5 Å². The fourth-order valence-corrected chi connectivity index (χ4v) is 3.98. The Balaban J connectivity index is 1.49. The van der Waals surface area contributed by atoms with E-state index < -0.39 is 5.97 Å². The predicted molar refractivity (Wildman–Crippen MR) is 131 cm³/mol. The fraction of sp³-hybridized carbons (Fsp3) is 0.222. The van der Waals surface area contributed by atoms with Gasteiger partial charge in [0.1, 0.15) is 17.9 Å². The number of carbonyl (C=O) groups is 1. The summed E-state index contributed by atoms with van der Waals surface area (Å²) in [6.45, 7) is 5.21. The second-order valence-electron chi connectivity index (χ2n) is 7.88. The van der Waals surface area contributed by atoms with Crippen LogP contribution in [-0.4, -0.2) is 34.2 Å². The third-order valence-electron chi connectivity index (χ3n) is 5.60. The zero-order valence-corrected chi connectivity index (χ0v) is 18.8. The van der Waals surface area contributed by atoms with E-state index in [0.29, 0.717) is 17.9 Å². The molecule has 0 unspecified atom stereocenters. The minimum atomic E-state index is -0.890. The molecule has 0 bridgehead atoms. The smallest absolute Gasteiger partial charge is 0.307 e. The van der Waals surface area contributed by atoms with Crippen molar-refractivity contribution in [3.8, 4) is 17.0 Å². The first kappa shape index (κ1) is 22.3. The minimum Gasteiger partial charge on any atom is -0.494 e. The van der Waals surface area contributed by atoms with Gasteiger partial charge in [-0.1, -0.05) is 48.5 Å². The molecule has 0 fully saturated rings. The van der Waals surface area contributed by atoms with Crippen LogP contribution in [0.2, 0.25) is 0 Å². The maximum absolute atomic E-state index is 11.1. The summed E-state index contributed by atoms with van der Waals surface area (Å²) in [5, 5.41) is 15.1. The van der Waals surface area contributed by atoms with Crippen LogP contribution in [0.5, 0.6) is 5.75 Å². The Bertz CT molecular complexity index is 1290. The lowest BCUT2D eigenvalue weighted by Gasteiger charge is -2.12. The average Bonchev–Trinajstić information content (AvgIpc) is 2.82. The van der Waals surface area contributed by atoms with E-state index in [1.165, 1.54) is 28.2 Å². The van der Waals surface area contributed by atoms with Gasteiger partial charge in [0.05, 0.1) is 18.7 Å². The summed E-state index contributed by atoms with van der Waals surface area (Å²) in [5.41, 5.74) is 4.82. The molecular weight excluding hydrogens is 414 g/mol. The molecule has 0 aliphatic carbocycles. The van der Waals surface area contributed by atoms with Crippen molar-refractivity contribution >= 4 is 22.6 Å². The monoisotopic (exact) mass is 441 g/mol. The van der Waals surface area contributed by atoms with Gasteiger partial charge in [-0.05, 0) is 48.2 Å². The molecule has 0 spiro atoms. The molecule has 3 aromatic carbocycles. The summed E-state index contributed by atoms with van der Waals surface area (Å²) in [6, 6.07) is 20.2. The molecule has 33 heavy (non-hydrogen) atoms. The van der Waals surface area contributed by atoms with E-state index in [9.17, 15) is 4.79 Å². The molecule has 1 heterocycles. The lowest BCUT2D eigenvalue weighted by atomic mass is 9.98. The van der Waals surface area contributed by atoms with E-state index in [0.717, 1.165) is 30.0 Å². The van der Waals surface area contributed by atoms with Gasteiger partial charge in [-0.3, -0.25) is 4.79 Å². The molecule has 0 radical (unpaired) electrons. The van der Waals surface area contributed by atoms with Crippen LogP contribution in [0.25, 0.3) is 22.0 Å². The normalized spacial score (nSPS) is 10.8. The topological polar surface area (TPSA) is 84.3 Å². The van der Waals surface area contributed by atoms with Gasteiger partial charge in [0.15, 0.2) is 0 Å². The Morgan fingerprint density at radius 2 is 1.79 bits per heavy atom.